The fourth-order valence-corrected chi connectivity index (χ4v) is 3.62. The van der Waals surface area contributed by atoms with Gasteiger partial charge in [0.2, 0.25) is 0 Å². The molecule has 0 aliphatic rings. The molecule has 0 fully saturated rings. The monoisotopic (exact) mass is 442 g/mol. The van der Waals surface area contributed by atoms with Gasteiger partial charge in [0.15, 0.2) is 5.82 Å². The van der Waals surface area contributed by atoms with Crippen molar-refractivity contribution in [2.24, 2.45) is 0 Å². The summed E-state index contributed by atoms with van der Waals surface area (Å²) in [5.41, 5.74) is 4.29. The van der Waals surface area contributed by atoms with Gasteiger partial charge >= 0.3 is 5.97 Å². The zero-order valence-electron chi connectivity index (χ0n) is 19.8. The molecular formula is C29H34N2O2. The summed E-state index contributed by atoms with van der Waals surface area (Å²) in [4.78, 5) is 21.1. The highest BCUT2D eigenvalue weighted by Gasteiger charge is 2.07. The summed E-state index contributed by atoms with van der Waals surface area (Å²) in [5.74, 6) is 1.10. The average molecular weight is 443 g/mol. The van der Waals surface area contributed by atoms with Crippen LogP contribution in [-0.4, -0.2) is 15.9 Å². The molecule has 1 heterocycles. The van der Waals surface area contributed by atoms with E-state index in [2.05, 4.69) is 47.2 Å². The van der Waals surface area contributed by atoms with Crippen molar-refractivity contribution in [3.05, 3.63) is 78.6 Å². The van der Waals surface area contributed by atoms with Crippen LogP contribution in [0, 0.1) is 0 Å². The Balaban J connectivity index is 1.53. The topological polar surface area (TPSA) is 52.1 Å². The molecule has 4 heteroatoms. The summed E-state index contributed by atoms with van der Waals surface area (Å²) < 4.78 is 5.44. The predicted molar refractivity (Wildman–Crippen MR) is 135 cm³/mol. The number of unbranched alkanes of at least 4 members (excludes halogenated alkanes) is 4. The van der Waals surface area contributed by atoms with Crippen LogP contribution >= 0.6 is 0 Å². The van der Waals surface area contributed by atoms with E-state index in [1.54, 1.807) is 0 Å². The van der Waals surface area contributed by atoms with Crippen molar-refractivity contribution >= 4 is 5.97 Å². The zero-order valence-corrected chi connectivity index (χ0v) is 19.8. The number of nitrogens with zero attached hydrogens (tertiary/aromatic N) is 2. The normalized spacial score (nSPS) is 11.1. The molecule has 172 valence electrons. The van der Waals surface area contributed by atoms with E-state index in [1.807, 2.05) is 49.7 Å². The Hall–Kier alpha value is -3.27. The Labute approximate surface area is 197 Å². The minimum Gasteiger partial charge on any atom is -0.427 e. The second-order valence-electron chi connectivity index (χ2n) is 8.26. The Morgan fingerprint density at radius 3 is 2.21 bits per heavy atom. The standard InChI is InChI=1S/C29H34N2O2/c1-3-5-7-8-10-12-28(32)33-27-19-17-24(18-20-27)26-21-30-29(31-22-26)25-15-13-23(14-16-25)11-9-6-4-2/h3,5,13-22H,4,6-12H2,1-2H3/b5-3+. The zero-order chi connectivity index (χ0) is 23.3. The van der Waals surface area contributed by atoms with Gasteiger partial charge in [0.25, 0.3) is 0 Å². The van der Waals surface area contributed by atoms with Crippen molar-refractivity contribution in [2.75, 3.05) is 0 Å². The first kappa shape index (κ1) is 24.4. The van der Waals surface area contributed by atoms with Crippen LogP contribution in [0.5, 0.6) is 5.75 Å². The number of allylic oxidation sites excluding steroid dienone is 2. The van der Waals surface area contributed by atoms with Gasteiger partial charge in [-0.25, -0.2) is 9.97 Å². The van der Waals surface area contributed by atoms with Gasteiger partial charge in [-0.05, 0) is 62.3 Å². The first-order chi connectivity index (χ1) is 16.2. The molecule has 4 nitrogen and oxygen atoms in total. The van der Waals surface area contributed by atoms with E-state index in [4.69, 9.17) is 4.74 Å². The molecule has 0 bridgehead atoms. The first-order valence-corrected chi connectivity index (χ1v) is 12.0. The maximum Gasteiger partial charge on any atom is 0.311 e. The molecule has 0 aliphatic heterocycles. The lowest BCUT2D eigenvalue weighted by atomic mass is 10.0. The highest BCUT2D eigenvalue weighted by atomic mass is 16.5. The first-order valence-electron chi connectivity index (χ1n) is 12.0. The Bertz CT molecular complexity index is 1010. The number of ether oxygens (including phenoxy) is 1. The van der Waals surface area contributed by atoms with Crippen LogP contribution in [0.25, 0.3) is 22.5 Å². The van der Waals surface area contributed by atoms with E-state index in [9.17, 15) is 4.79 Å². The molecule has 3 aromatic rings. The lowest BCUT2D eigenvalue weighted by molar-refractivity contribution is -0.134. The lowest BCUT2D eigenvalue weighted by Crippen LogP contribution is -2.07. The van der Waals surface area contributed by atoms with Crippen molar-refractivity contribution in [1.82, 2.24) is 9.97 Å². The van der Waals surface area contributed by atoms with Gasteiger partial charge in [0, 0.05) is 29.9 Å². The van der Waals surface area contributed by atoms with Crippen LogP contribution in [-0.2, 0) is 11.2 Å². The second-order valence-corrected chi connectivity index (χ2v) is 8.26. The highest BCUT2D eigenvalue weighted by molar-refractivity contribution is 5.73. The van der Waals surface area contributed by atoms with Crippen molar-refractivity contribution < 1.29 is 9.53 Å². The van der Waals surface area contributed by atoms with Gasteiger partial charge in [0.1, 0.15) is 5.75 Å². The minimum atomic E-state index is -0.188. The van der Waals surface area contributed by atoms with Crippen LogP contribution in [0.4, 0.5) is 0 Å². The molecule has 2 aromatic carbocycles. The third-order valence-corrected chi connectivity index (χ3v) is 5.59. The predicted octanol–water partition coefficient (Wildman–Crippen LogP) is 7.59. The summed E-state index contributed by atoms with van der Waals surface area (Å²) in [7, 11) is 0. The maximum absolute atomic E-state index is 12.0. The SMILES string of the molecule is C/C=C/CCCCC(=O)Oc1ccc(-c2cnc(-c3ccc(CCCCC)cc3)nc2)cc1. The maximum atomic E-state index is 12.0. The smallest absolute Gasteiger partial charge is 0.311 e. The molecule has 1 aromatic heterocycles. The number of hydrogen-bond acceptors (Lipinski definition) is 4. The van der Waals surface area contributed by atoms with Gasteiger partial charge in [-0.15, -0.1) is 0 Å². The molecule has 0 spiro atoms. The molecule has 0 saturated heterocycles. The van der Waals surface area contributed by atoms with Crippen LogP contribution in [0.2, 0.25) is 0 Å². The summed E-state index contributed by atoms with van der Waals surface area (Å²) in [5, 5.41) is 0. The van der Waals surface area contributed by atoms with Gasteiger partial charge in [-0.1, -0.05) is 68.3 Å². The molecule has 0 amide bonds. The second kappa shape index (κ2) is 13.3. The van der Waals surface area contributed by atoms with E-state index in [1.165, 1.54) is 24.8 Å². The number of aryl methyl sites for hydroxylation is 1. The third kappa shape index (κ3) is 7.98. The van der Waals surface area contributed by atoms with Crippen molar-refractivity contribution in [1.29, 1.82) is 0 Å². The number of aromatic nitrogens is 2. The summed E-state index contributed by atoms with van der Waals surface area (Å²) >= 11 is 0. The molecule has 0 N–H and O–H groups in total. The van der Waals surface area contributed by atoms with Gasteiger partial charge in [-0.3, -0.25) is 4.79 Å². The fraction of sp³-hybridized carbons (Fsp3) is 0.345. The highest BCUT2D eigenvalue weighted by Crippen LogP contribution is 2.24. The molecule has 3 rings (SSSR count). The number of benzene rings is 2. The van der Waals surface area contributed by atoms with E-state index >= 15 is 0 Å². The number of hydrogen-bond donors (Lipinski definition) is 0. The van der Waals surface area contributed by atoms with Crippen molar-refractivity contribution in [2.45, 2.75) is 65.2 Å². The molecule has 33 heavy (non-hydrogen) atoms. The molecular weight excluding hydrogens is 408 g/mol. The van der Waals surface area contributed by atoms with E-state index in [0.29, 0.717) is 12.2 Å². The van der Waals surface area contributed by atoms with Gasteiger partial charge < -0.3 is 4.74 Å². The number of carbonyl (C=O) groups is 1. The van der Waals surface area contributed by atoms with Gasteiger partial charge in [0.05, 0.1) is 0 Å². The summed E-state index contributed by atoms with van der Waals surface area (Å²) in [6.07, 6.45) is 16.0. The molecule has 0 aliphatic carbocycles. The number of esters is 1. The van der Waals surface area contributed by atoms with Crippen LogP contribution < -0.4 is 4.74 Å². The van der Waals surface area contributed by atoms with E-state index in [-0.39, 0.29) is 5.97 Å². The fourth-order valence-electron chi connectivity index (χ4n) is 3.62. The minimum absolute atomic E-state index is 0.188. The Kier molecular flexibility index (Phi) is 9.84. The average Bonchev–Trinajstić information content (AvgIpc) is 2.85. The summed E-state index contributed by atoms with van der Waals surface area (Å²) in [6, 6.07) is 16.0. The van der Waals surface area contributed by atoms with E-state index < -0.39 is 0 Å². The van der Waals surface area contributed by atoms with Crippen LogP contribution in [0.3, 0.4) is 0 Å². The largest absolute Gasteiger partial charge is 0.427 e. The molecule has 0 atom stereocenters. The van der Waals surface area contributed by atoms with Crippen molar-refractivity contribution in [3.63, 3.8) is 0 Å². The van der Waals surface area contributed by atoms with Gasteiger partial charge in [-0.2, -0.15) is 0 Å². The Morgan fingerprint density at radius 1 is 0.848 bits per heavy atom. The quantitative estimate of drug-likeness (QED) is 0.125. The molecule has 0 radical (unpaired) electrons. The Morgan fingerprint density at radius 2 is 1.55 bits per heavy atom. The lowest BCUT2D eigenvalue weighted by Gasteiger charge is -2.07. The summed E-state index contributed by atoms with van der Waals surface area (Å²) in [6.45, 7) is 4.23. The number of rotatable bonds is 12. The van der Waals surface area contributed by atoms with Crippen LogP contribution in [0.15, 0.2) is 73.1 Å². The third-order valence-electron chi connectivity index (χ3n) is 5.59. The van der Waals surface area contributed by atoms with Crippen LogP contribution in [0.1, 0.15) is 64.4 Å². The number of carbonyl (C=O) groups excluding carboxylic acids is 1. The van der Waals surface area contributed by atoms with E-state index in [0.717, 1.165) is 48.2 Å². The van der Waals surface area contributed by atoms with Crippen molar-refractivity contribution in [3.8, 4) is 28.3 Å². The molecule has 0 unspecified atom stereocenters. The molecule has 0 saturated carbocycles.